The van der Waals surface area contributed by atoms with E-state index in [1.54, 1.807) is 0 Å². The van der Waals surface area contributed by atoms with Gasteiger partial charge >= 0.3 is 0 Å². The van der Waals surface area contributed by atoms with Crippen molar-refractivity contribution in [2.75, 3.05) is 11.5 Å². The summed E-state index contributed by atoms with van der Waals surface area (Å²) < 4.78 is 0. The number of anilines is 1. The summed E-state index contributed by atoms with van der Waals surface area (Å²) in [5.74, 6) is 0.418. The first-order valence-electron chi connectivity index (χ1n) is 5.56. The number of halogens is 2. The lowest BCUT2D eigenvalue weighted by Gasteiger charge is -2.20. The fourth-order valence-electron chi connectivity index (χ4n) is 1.54. The summed E-state index contributed by atoms with van der Waals surface area (Å²) in [4.78, 5) is 10.8. The SMILES string of the molecule is CC(=O)SCCC(O)C(O)c1cc(Cl)cc(Cl)c1N. The Bertz CT molecular complexity index is 471. The van der Waals surface area contributed by atoms with Gasteiger partial charge in [0.2, 0.25) is 0 Å². The van der Waals surface area contributed by atoms with E-state index in [1.807, 2.05) is 0 Å². The fraction of sp³-hybridized carbons (Fsp3) is 0.417. The van der Waals surface area contributed by atoms with E-state index >= 15 is 0 Å². The Morgan fingerprint density at radius 2 is 2.05 bits per heavy atom. The number of hydrogen-bond donors (Lipinski definition) is 3. The smallest absolute Gasteiger partial charge is 0.185 e. The van der Waals surface area contributed by atoms with Gasteiger partial charge in [-0.2, -0.15) is 0 Å². The van der Waals surface area contributed by atoms with Crippen molar-refractivity contribution >= 4 is 45.8 Å². The first-order chi connectivity index (χ1) is 8.82. The van der Waals surface area contributed by atoms with Crippen molar-refractivity contribution in [1.29, 1.82) is 0 Å². The van der Waals surface area contributed by atoms with Crippen LogP contribution in [0.2, 0.25) is 10.0 Å². The molecule has 0 radical (unpaired) electrons. The number of thioether (sulfide) groups is 1. The van der Waals surface area contributed by atoms with E-state index in [2.05, 4.69) is 0 Å². The van der Waals surface area contributed by atoms with Crippen LogP contribution in [-0.4, -0.2) is 27.2 Å². The quantitative estimate of drug-likeness (QED) is 0.725. The number of benzene rings is 1. The number of nitrogen functional groups attached to an aromatic ring is 1. The molecule has 0 spiro atoms. The van der Waals surface area contributed by atoms with E-state index in [1.165, 1.54) is 19.1 Å². The van der Waals surface area contributed by atoms with E-state index in [4.69, 9.17) is 28.9 Å². The average molecular weight is 324 g/mol. The van der Waals surface area contributed by atoms with Crippen molar-refractivity contribution < 1.29 is 15.0 Å². The molecule has 0 aromatic heterocycles. The molecular weight excluding hydrogens is 309 g/mol. The highest BCUT2D eigenvalue weighted by Crippen LogP contribution is 2.33. The van der Waals surface area contributed by atoms with Gasteiger partial charge in [0.15, 0.2) is 5.12 Å². The van der Waals surface area contributed by atoms with Gasteiger partial charge in [-0.05, 0) is 18.6 Å². The Hall–Kier alpha value is -0.460. The molecule has 4 nitrogen and oxygen atoms in total. The zero-order valence-corrected chi connectivity index (χ0v) is 12.6. The maximum absolute atomic E-state index is 10.8. The third-order valence-corrected chi connectivity index (χ3v) is 3.91. The summed E-state index contributed by atoms with van der Waals surface area (Å²) in [5, 5.41) is 20.4. The number of nitrogens with two attached hydrogens (primary N) is 1. The van der Waals surface area contributed by atoms with Gasteiger partial charge in [0.1, 0.15) is 6.10 Å². The molecule has 1 aromatic rings. The molecule has 0 aliphatic rings. The van der Waals surface area contributed by atoms with Crippen LogP contribution in [-0.2, 0) is 4.79 Å². The molecule has 0 fully saturated rings. The topological polar surface area (TPSA) is 83.5 Å². The monoisotopic (exact) mass is 323 g/mol. The molecular formula is C12H15Cl2NO3S. The molecule has 1 aromatic carbocycles. The molecule has 0 aliphatic heterocycles. The molecule has 19 heavy (non-hydrogen) atoms. The first-order valence-corrected chi connectivity index (χ1v) is 7.31. The van der Waals surface area contributed by atoms with Crippen LogP contribution in [0.15, 0.2) is 12.1 Å². The van der Waals surface area contributed by atoms with Crippen LogP contribution in [0, 0.1) is 0 Å². The fourth-order valence-corrected chi connectivity index (χ4v) is 2.69. The third-order valence-electron chi connectivity index (χ3n) is 2.53. The first kappa shape index (κ1) is 16.6. The summed E-state index contributed by atoms with van der Waals surface area (Å²) >= 11 is 12.8. The minimum Gasteiger partial charge on any atom is -0.397 e. The minimum atomic E-state index is -1.19. The molecule has 0 heterocycles. The number of aliphatic hydroxyl groups is 2. The molecule has 0 saturated heterocycles. The van der Waals surface area contributed by atoms with Crippen molar-refractivity contribution in [2.24, 2.45) is 0 Å². The van der Waals surface area contributed by atoms with E-state index in [-0.39, 0.29) is 27.8 Å². The summed E-state index contributed by atoms with van der Waals surface area (Å²) in [6.45, 7) is 1.45. The lowest BCUT2D eigenvalue weighted by atomic mass is 10.0. The van der Waals surface area contributed by atoms with Gasteiger partial charge in [-0.25, -0.2) is 0 Å². The van der Waals surface area contributed by atoms with E-state index in [0.717, 1.165) is 11.8 Å². The maximum atomic E-state index is 10.8. The third kappa shape index (κ3) is 4.85. The molecule has 4 N–H and O–H groups in total. The molecule has 2 unspecified atom stereocenters. The summed E-state index contributed by atoms with van der Waals surface area (Å²) in [6, 6.07) is 2.93. The van der Waals surface area contributed by atoms with Crippen molar-refractivity contribution in [3.05, 3.63) is 27.7 Å². The van der Waals surface area contributed by atoms with Crippen LogP contribution >= 0.6 is 35.0 Å². The molecule has 0 bridgehead atoms. The van der Waals surface area contributed by atoms with Crippen molar-refractivity contribution in [1.82, 2.24) is 0 Å². The molecule has 0 amide bonds. The zero-order valence-electron chi connectivity index (χ0n) is 10.3. The van der Waals surface area contributed by atoms with Crippen LogP contribution in [0.5, 0.6) is 0 Å². The van der Waals surface area contributed by atoms with Crippen LogP contribution < -0.4 is 5.73 Å². The van der Waals surface area contributed by atoms with Gasteiger partial charge < -0.3 is 15.9 Å². The predicted octanol–water partition coefficient (Wildman–Crippen LogP) is 2.64. The number of aliphatic hydroxyl groups excluding tert-OH is 2. The number of carbonyl (C=O) groups excluding carboxylic acids is 1. The molecule has 2 atom stereocenters. The van der Waals surface area contributed by atoms with Crippen LogP contribution in [0.4, 0.5) is 5.69 Å². The lowest BCUT2D eigenvalue weighted by Crippen LogP contribution is -2.20. The van der Waals surface area contributed by atoms with Crippen LogP contribution in [0.25, 0.3) is 0 Å². The minimum absolute atomic E-state index is 0.0352. The van der Waals surface area contributed by atoms with Crippen molar-refractivity contribution in [3.63, 3.8) is 0 Å². The van der Waals surface area contributed by atoms with Gasteiger partial charge in [0, 0.05) is 23.3 Å². The summed E-state index contributed by atoms with van der Waals surface area (Å²) in [6.07, 6.45) is -1.97. The van der Waals surface area contributed by atoms with Crippen molar-refractivity contribution in [2.45, 2.75) is 25.6 Å². The van der Waals surface area contributed by atoms with E-state index in [0.29, 0.717) is 10.8 Å². The second-order valence-corrected chi connectivity index (χ2v) is 6.15. The largest absolute Gasteiger partial charge is 0.397 e. The van der Waals surface area contributed by atoms with E-state index < -0.39 is 12.2 Å². The summed E-state index contributed by atoms with van der Waals surface area (Å²) in [7, 11) is 0. The van der Waals surface area contributed by atoms with E-state index in [9.17, 15) is 15.0 Å². The Morgan fingerprint density at radius 3 is 2.63 bits per heavy atom. The number of rotatable bonds is 5. The Balaban J connectivity index is 2.76. The molecule has 106 valence electrons. The predicted molar refractivity (Wildman–Crippen MR) is 79.6 cm³/mol. The van der Waals surface area contributed by atoms with Gasteiger partial charge in [-0.15, -0.1) is 0 Å². The lowest BCUT2D eigenvalue weighted by molar-refractivity contribution is -0.109. The van der Waals surface area contributed by atoms with Crippen LogP contribution in [0.1, 0.15) is 25.0 Å². The summed E-state index contributed by atoms with van der Waals surface area (Å²) in [5.41, 5.74) is 6.23. The normalized spacial score (nSPS) is 14.2. The van der Waals surface area contributed by atoms with Crippen LogP contribution in [0.3, 0.4) is 0 Å². The maximum Gasteiger partial charge on any atom is 0.185 e. The second-order valence-electron chi connectivity index (χ2n) is 4.03. The highest BCUT2D eigenvalue weighted by molar-refractivity contribution is 8.13. The molecule has 0 saturated carbocycles. The van der Waals surface area contributed by atoms with Gasteiger partial charge in [0.25, 0.3) is 0 Å². The Kier molecular flexibility index (Phi) is 6.42. The number of carbonyl (C=O) groups is 1. The Labute approximate surface area is 125 Å². The standard InChI is InChI=1S/C12H15Cl2NO3S/c1-6(16)19-3-2-10(17)12(18)8-4-7(13)5-9(14)11(8)15/h4-5,10,12,17-18H,2-3,15H2,1H3. The van der Waals surface area contributed by atoms with Gasteiger partial charge in [0.05, 0.1) is 16.8 Å². The highest BCUT2D eigenvalue weighted by Gasteiger charge is 2.22. The Morgan fingerprint density at radius 1 is 1.42 bits per heavy atom. The average Bonchev–Trinajstić information content (AvgIpc) is 2.32. The second kappa shape index (κ2) is 7.36. The zero-order chi connectivity index (χ0) is 14.6. The molecule has 7 heteroatoms. The van der Waals surface area contributed by atoms with Gasteiger partial charge in [-0.3, -0.25) is 4.79 Å². The molecule has 1 rings (SSSR count). The number of hydrogen-bond acceptors (Lipinski definition) is 5. The van der Waals surface area contributed by atoms with Crippen molar-refractivity contribution in [3.8, 4) is 0 Å². The highest BCUT2D eigenvalue weighted by atomic mass is 35.5. The molecule has 0 aliphatic carbocycles. The van der Waals surface area contributed by atoms with Gasteiger partial charge in [-0.1, -0.05) is 35.0 Å².